The van der Waals surface area contributed by atoms with E-state index in [0.717, 1.165) is 24.5 Å². The van der Waals surface area contributed by atoms with Crippen molar-refractivity contribution in [3.05, 3.63) is 60.6 Å². The molecule has 1 aliphatic heterocycles. The molecule has 0 saturated carbocycles. The van der Waals surface area contributed by atoms with Gasteiger partial charge in [-0.3, -0.25) is 0 Å². The van der Waals surface area contributed by atoms with Crippen molar-refractivity contribution in [2.45, 2.75) is 19.0 Å². The lowest BCUT2D eigenvalue weighted by atomic mass is 10.0. The summed E-state index contributed by atoms with van der Waals surface area (Å²) in [5.74, 6) is 1.95. The maximum Gasteiger partial charge on any atom is 0.156 e. The van der Waals surface area contributed by atoms with Gasteiger partial charge in [0.05, 0.1) is 18.8 Å². The second-order valence-electron chi connectivity index (χ2n) is 5.32. The average molecular weight is 279 g/mol. The summed E-state index contributed by atoms with van der Waals surface area (Å²) in [6.07, 6.45) is 7.13. The summed E-state index contributed by atoms with van der Waals surface area (Å²) < 4.78 is 9.81. The van der Waals surface area contributed by atoms with Crippen molar-refractivity contribution in [3.63, 3.8) is 0 Å². The number of methoxy groups -OCH3 is 1. The fourth-order valence-electron chi connectivity index (χ4n) is 3.13. The van der Waals surface area contributed by atoms with Crippen molar-refractivity contribution >= 4 is 0 Å². The van der Waals surface area contributed by atoms with Gasteiger partial charge in [0, 0.05) is 25.1 Å². The van der Waals surface area contributed by atoms with Gasteiger partial charge in [0.25, 0.3) is 0 Å². The van der Waals surface area contributed by atoms with E-state index < -0.39 is 0 Å². The van der Waals surface area contributed by atoms with Crippen LogP contribution in [0.5, 0.6) is 5.75 Å². The van der Waals surface area contributed by atoms with Gasteiger partial charge in [-0.25, -0.2) is 4.98 Å². The number of aromatic nitrogens is 3. The van der Waals surface area contributed by atoms with Gasteiger partial charge >= 0.3 is 0 Å². The van der Waals surface area contributed by atoms with Crippen LogP contribution in [-0.4, -0.2) is 21.2 Å². The molecule has 0 bridgehead atoms. The minimum Gasteiger partial charge on any atom is -0.497 e. The summed E-state index contributed by atoms with van der Waals surface area (Å²) in [5.41, 5.74) is 2.48. The Hall–Kier alpha value is -2.49. The van der Waals surface area contributed by atoms with Gasteiger partial charge in [0.1, 0.15) is 5.75 Å². The van der Waals surface area contributed by atoms with Crippen LogP contribution in [0.1, 0.15) is 18.0 Å². The highest BCUT2D eigenvalue weighted by atomic mass is 16.5. The van der Waals surface area contributed by atoms with Crippen LogP contribution in [0.4, 0.5) is 0 Å². The molecule has 21 heavy (non-hydrogen) atoms. The number of hydrogen-bond acceptors (Lipinski definition) is 2. The van der Waals surface area contributed by atoms with Gasteiger partial charge in [-0.2, -0.15) is 0 Å². The summed E-state index contributed by atoms with van der Waals surface area (Å²) >= 11 is 0. The van der Waals surface area contributed by atoms with Crippen LogP contribution < -0.4 is 4.74 Å². The first kappa shape index (κ1) is 12.3. The maximum atomic E-state index is 5.25. The molecule has 0 amide bonds. The Kier molecular flexibility index (Phi) is 2.81. The fourth-order valence-corrected chi connectivity index (χ4v) is 3.13. The molecular weight excluding hydrogens is 262 g/mol. The molecule has 3 heterocycles. The lowest BCUT2D eigenvalue weighted by Gasteiger charge is -2.19. The first-order chi connectivity index (χ1) is 10.4. The van der Waals surface area contributed by atoms with Gasteiger partial charge in [0.2, 0.25) is 0 Å². The number of hydrogen-bond donors (Lipinski definition) is 0. The highest BCUT2D eigenvalue weighted by molar-refractivity contribution is 5.53. The van der Waals surface area contributed by atoms with E-state index in [1.165, 1.54) is 11.3 Å². The molecule has 4 heteroatoms. The van der Waals surface area contributed by atoms with Gasteiger partial charge in [-0.15, -0.1) is 0 Å². The van der Waals surface area contributed by atoms with Crippen LogP contribution in [0.15, 0.2) is 55.0 Å². The Morgan fingerprint density at radius 1 is 1.14 bits per heavy atom. The predicted octanol–water partition coefficient (Wildman–Crippen LogP) is 3.35. The minimum atomic E-state index is 0.336. The fraction of sp³-hybridized carbons (Fsp3) is 0.235. The van der Waals surface area contributed by atoms with Crippen molar-refractivity contribution in [2.75, 3.05) is 7.11 Å². The number of nitrogens with zero attached hydrogens (tertiary/aromatic N) is 3. The molecule has 2 aromatic heterocycles. The van der Waals surface area contributed by atoms with Crippen LogP contribution >= 0.6 is 0 Å². The molecule has 3 aromatic rings. The molecule has 1 atom stereocenters. The number of benzene rings is 1. The first-order valence-corrected chi connectivity index (χ1v) is 7.19. The number of ether oxygens (including phenoxy) is 1. The Labute approximate surface area is 123 Å². The lowest BCUT2D eigenvalue weighted by molar-refractivity contribution is 0.414. The van der Waals surface area contributed by atoms with Crippen molar-refractivity contribution in [2.24, 2.45) is 0 Å². The SMILES string of the molecule is COc1ccc(C2CCn3ccnc3-c3cccn32)cc1. The molecule has 0 fully saturated rings. The molecule has 1 unspecified atom stereocenters. The molecule has 0 radical (unpaired) electrons. The van der Waals surface area contributed by atoms with E-state index in [9.17, 15) is 0 Å². The van der Waals surface area contributed by atoms with E-state index >= 15 is 0 Å². The third kappa shape index (κ3) is 1.95. The molecule has 1 aliphatic rings. The Morgan fingerprint density at radius 2 is 2.00 bits per heavy atom. The molecule has 106 valence electrons. The van der Waals surface area contributed by atoms with Crippen LogP contribution in [0.25, 0.3) is 11.5 Å². The van der Waals surface area contributed by atoms with E-state index in [0.29, 0.717) is 6.04 Å². The van der Waals surface area contributed by atoms with Gasteiger partial charge in [-0.05, 0) is 36.2 Å². The van der Waals surface area contributed by atoms with Crippen LogP contribution in [0.2, 0.25) is 0 Å². The van der Waals surface area contributed by atoms with E-state index in [4.69, 9.17) is 4.74 Å². The molecule has 4 nitrogen and oxygen atoms in total. The molecule has 1 aromatic carbocycles. The second kappa shape index (κ2) is 4.81. The summed E-state index contributed by atoms with van der Waals surface area (Å²) in [6.45, 7) is 0.980. The summed E-state index contributed by atoms with van der Waals surface area (Å²) in [5, 5.41) is 0. The second-order valence-corrected chi connectivity index (χ2v) is 5.32. The van der Waals surface area contributed by atoms with E-state index in [2.05, 4.69) is 50.8 Å². The highest BCUT2D eigenvalue weighted by Crippen LogP contribution is 2.33. The largest absolute Gasteiger partial charge is 0.497 e. The molecule has 0 saturated heterocycles. The number of aryl methyl sites for hydroxylation is 1. The van der Waals surface area contributed by atoms with Gasteiger partial charge in [-0.1, -0.05) is 12.1 Å². The van der Waals surface area contributed by atoms with E-state index in [1.54, 1.807) is 7.11 Å². The topological polar surface area (TPSA) is 32.0 Å². The van der Waals surface area contributed by atoms with E-state index in [1.807, 2.05) is 18.3 Å². The zero-order valence-electron chi connectivity index (χ0n) is 11.9. The van der Waals surface area contributed by atoms with Crippen molar-refractivity contribution in [3.8, 4) is 17.3 Å². The average Bonchev–Trinajstić information content (AvgIpc) is 3.15. The summed E-state index contributed by atoms with van der Waals surface area (Å²) in [6, 6.07) is 12.9. The third-order valence-corrected chi connectivity index (χ3v) is 4.20. The number of imidazole rings is 1. The standard InChI is InChI=1S/C17H17N3O/c1-21-14-6-4-13(5-7-14)15-8-11-19-12-9-18-17(19)16-3-2-10-20(15)16/h2-7,9-10,12,15H,8,11H2,1H3. The van der Waals surface area contributed by atoms with Crippen molar-refractivity contribution < 1.29 is 4.74 Å². The smallest absolute Gasteiger partial charge is 0.156 e. The molecule has 0 spiro atoms. The normalized spacial score (nSPS) is 16.9. The molecule has 4 rings (SSSR count). The Bertz CT molecular complexity index is 754. The monoisotopic (exact) mass is 279 g/mol. The van der Waals surface area contributed by atoms with E-state index in [-0.39, 0.29) is 0 Å². The van der Waals surface area contributed by atoms with Crippen LogP contribution in [0, 0.1) is 0 Å². The zero-order valence-corrected chi connectivity index (χ0v) is 11.9. The maximum absolute atomic E-state index is 5.25. The predicted molar refractivity (Wildman–Crippen MR) is 81.4 cm³/mol. The molecule has 0 aliphatic carbocycles. The first-order valence-electron chi connectivity index (χ1n) is 7.19. The Morgan fingerprint density at radius 3 is 2.81 bits per heavy atom. The number of rotatable bonds is 2. The zero-order chi connectivity index (χ0) is 14.2. The quantitative estimate of drug-likeness (QED) is 0.720. The number of fused-ring (bicyclic) bond motifs is 3. The van der Waals surface area contributed by atoms with Crippen LogP contribution in [-0.2, 0) is 6.54 Å². The van der Waals surface area contributed by atoms with Gasteiger partial charge < -0.3 is 13.9 Å². The molecule has 0 N–H and O–H groups in total. The van der Waals surface area contributed by atoms with Gasteiger partial charge in [0.15, 0.2) is 5.82 Å². The lowest BCUT2D eigenvalue weighted by Crippen LogP contribution is -2.10. The summed E-state index contributed by atoms with van der Waals surface area (Å²) in [4.78, 5) is 4.51. The Balaban J connectivity index is 1.79. The highest BCUT2D eigenvalue weighted by Gasteiger charge is 2.22. The van der Waals surface area contributed by atoms with Crippen molar-refractivity contribution in [1.29, 1.82) is 0 Å². The van der Waals surface area contributed by atoms with Crippen molar-refractivity contribution in [1.82, 2.24) is 14.1 Å². The summed E-state index contributed by atoms with van der Waals surface area (Å²) in [7, 11) is 1.70. The minimum absolute atomic E-state index is 0.336. The molecular formula is C17H17N3O. The van der Waals surface area contributed by atoms with Crippen LogP contribution in [0.3, 0.4) is 0 Å². The third-order valence-electron chi connectivity index (χ3n) is 4.20.